The number of nitrogens with one attached hydrogen (secondary N) is 1. The van der Waals surface area contributed by atoms with Crippen LogP contribution in [0.5, 0.6) is 0 Å². The third-order valence-corrected chi connectivity index (χ3v) is 6.44. The van der Waals surface area contributed by atoms with Gasteiger partial charge in [0.05, 0.1) is 17.3 Å². The molecule has 1 atom stereocenters. The van der Waals surface area contributed by atoms with E-state index in [-0.39, 0.29) is 18.2 Å². The van der Waals surface area contributed by atoms with Gasteiger partial charge in [-0.25, -0.2) is 4.98 Å². The van der Waals surface area contributed by atoms with Gasteiger partial charge in [-0.2, -0.15) is 0 Å². The molecule has 6 nitrogen and oxygen atoms in total. The minimum atomic E-state index is -0.407. The number of imidazole rings is 1. The number of aromatic nitrogens is 2. The van der Waals surface area contributed by atoms with Crippen LogP contribution in [0.3, 0.4) is 0 Å². The van der Waals surface area contributed by atoms with Crippen LogP contribution in [0.4, 0.5) is 11.4 Å². The molecule has 0 aliphatic carbocycles. The van der Waals surface area contributed by atoms with Crippen LogP contribution in [0.15, 0.2) is 67.0 Å². The van der Waals surface area contributed by atoms with Crippen molar-refractivity contribution in [3.05, 3.63) is 83.7 Å². The Balaban J connectivity index is 1.38. The van der Waals surface area contributed by atoms with Crippen molar-refractivity contribution < 1.29 is 9.59 Å². The summed E-state index contributed by atoms with van der Waals surface area (Å²) in [6.07, 6.45) is 4.13. The monoisotopic (exact) mass is 438 g/mol. The Morgan fingerprint density at radius 2 is 1.82 bits per heavy atom. The van der Waals surface area contributed by atoms with Gasteiger partial charge in [-0.05, 0) is 61.7 Å². The van der Waals surface area contributed by atoms with Gasteiger partial charge in [0.2, 0.25) is 11.8 Å². The minimum Gasteiger partial charge on any atom is -0.325 e. The molecule has 5 rings (SSSR count). The number of carbonyl (C=O) groups is 2. The summed E-state index contributed by atoms with van der Waals surface area (Å²) in [5.41, 5.74) is 7.46. The van der Waals surface area contributed by atoms with Crippen molar-refractivity contribution in [2.45, 2.75) is 27.2 Å². The molecule has 0 bridgehead atoms. The van der Waals surface area contributed by atoms with Gasteiger partial charge in [-0.15, -0.1) is 0 Å². The predicted molar refractivity (Wildman–Crippen MR) is 130 cm³/mol. The second-order valence-corrected chi connectivity index (χ2v) is 8.76. The molecule has 2 aromatic carbocycles. The molecule has 1 fully saturated rings. The molecule has 4 aromatic rings. The SMILES string of the molecule is Cc1ccc(N2CC(C(=O)Nc3ccccc3-c3cn4cccc(C)c4n3)CC2=O)cc1C. The van der Waals surface area contributed by atoms with Gasteiger partial charge in [0.1, 0.15) is 5.65 Å². The largest absolute Gasteiger partial charge is 0.325 e. The second kappa shape index (κ2) is 8.20. The van der Waals surface area contributed by atoms with Gasteiger partial charge in [0, 0.05) is 36.6 Å². The number of nitrogens with zero attached hydrogens (tertiary/aromatic N) is 3. The van der Waals surface area contributed by atoms with Gasteiger partial charge >= 0.3 is 0 Å². The molecule has 1 aliphatic rings. The Bertz CT molecular complexity index is 1390. The van der Waals surface area contributed by atoms with E-state index in [9.17, 15) is 9.59 Å². The highest BCUT2D eigenvalue weighted by Crippen LogP contribution is 2.31. The number of fused-ring (bicyclic) bond motifs is 1. The van der Waals surface area contributed by atoms with Gasteiger partial charge in [0.15, 0.2) is 0 Å². The number of aryl methyl sites for hydroxylation is 3. The molecule has 0 radical (unpaired) electrons. The zero-order valence-electron chi connectivity index (χ0n) is 19.0. The predicted octanol–water partition coefficient (Wildman–Crippen LogP) is 4.92. The van der Waals surface area contributed by atoms with E-state index in [1.54, 1.807) is 4.90 Å². The molecular formula is C27H26N4O2. The van der Waals surface area contributed by atoms with Crippen molar-refractivity contribution in [2.75, 3.05) is 16.8 Å². The molecule has 0 spiro atoms. The van der Waals surface area contributed by atoms with E-state index in [1.807, 2.05) is 92.2 Å². The molecule has 6 heteroatoms. The number of carbonyl (C=O) groups excluding carboxylic acids is 2. The fraction of sp³-hybridized carbons (Fsp3) is 0.222. The first-order valence-electron chi connectivity index (χ1n) is 11.1. The molecule has 1 saturated heterocycles. The van der Waals surface area contributed by atoms with Crippen molar-refractivity contribution in [3.8, 4) is 11.3 Å². The summed E-state index contributed by atoms with van der Waals surface area (Å²) in [5.74, 6) is -0.583. The first-order valence-corrected chi connectivity index (χ1v) is 11.1. The number of amides is 2. The van der Waals surface area contributed by atoms with E-state index in [4.69, 9.17) is 4.98 Å². The lowest BCUT2D eigenvalue weighted by Gasteiger charge is -2.18. The molecule has 1 unspecified atom stereocenters. The lowest BCUT2D eigenvalue weighted by molar-refractivity contribution is -0.122. The van der Waals surface area contributed by atoms with Gasteiger partial charge in [-0.3, -0.25) is 9.59 Å². The maximum Gasteiger partial charge on any atom is 0.229 e. The number of benzene rings is 2. The molecular weight excluding hydrogens is 412 g/mol. The van der Waals surface area contributed by atoms with E-state index >= 15 is 0 Å². The van der Waals surface area contributed by atoms with Crippen LogP contribution in [0.25, 0.3) is 16.9 Å². The highest BCUT2D eigenvalue weighted by Gasteiger charge is 2.35. The molecule has 1 N–H and O–H groups in total. The highest BCUT2D eigenvalue weighted by atomic mass is 16.2. The summed E-state index contributed by atoms with van der Waals surface area (Å²) >= 11 is 0. The number of rotatable bonds is 4. The first kappa shape index (κ1) is 20.9. The normalized spacial score (nSPS) is 15.9. The Labute approximate surface area is 192 Å². The van der Waals surface area contributed by atoms with E-state index in [2.05, 4.69) is 5.32 Å². The highest BCUT2D eigenvalue weighted by molar-refractivity contribution is 6.04. The number of hydrogen-bond acceptors (Lipinski definition) is 3. The van der Waals surface area contributed by atoms with Crippen LogP contribution >= 0.6 is 0 Å². The van der Waals surface area contributed by atoms with Crippen molar-refractivity contribution in [2.24, 2.45) is 5.92 Å². The summed E-state index contributed by atoms with van der Waals surface area (Å²) in [6, 6.07) is 17.6. The minimum absolute atomic E-state index is 0.0254. The fourth-order valence-corrected chi connectivity index (χ4v) is 4.36. The number of hydrogen-bond donors (Lipinski definition) is 1. The van der Waals surface area contributed by atoms with Gasteiger partial charge < -0.3 is 14.6 Å². The quantitative estimate of drug-likeness (QED) is 0.492. The topological polar surface area (TPSA) is 66.7 Å². The van der Waals surface area contributed by atoms with Gasteiger partial charge in [0.25, 0.3) is 0 Å². The Morgan fingerprint density at radius 3 is 2.61 bits per heavy atom. The van der Waals surface area contributed by atoms with Crippen molar-refractivity contribution >= 4 is 28.8 Å². The maximum absolute atomic E-state index is 13.2. The molecule has 1 aliphatic heterocycles. The van der Waals surface area contributed by atoms with Crippen molar-refractivity contribution in [3.63, 3.8) is 0 Å². The van der Waals surface area contributed by atoms with Crippen molar-refractivity contribution in [1.82, 2.24) is 9.38 Å². The van der Waals surface area contributed by atoms with Crippen LogP contribution in [0.1, 0.15) is 23.1 Å². The molecule has 166 valence electrons. The van der Waals surface area contributed by atoms with Crippen LogP contribution in [-0.4, -0.2) is 27.7 Å². The molecule has 0 saturated carbocycles. The Morgan fingerprint density at radius 1 is 1.00 bits per heavy atom. The van der Waals surface area contributed by atoms with Crippen LogP contribution < -0.4 is 10.2 Å². The van der Waals surface area contributed by atoms with Crippen LogP contribution in [-0.2, 0) is 9.59 Å². The summed E-state index contributed by atoms with van der Waals surface area (Å²) in [4.78, 5) is 32.3. The lowest BCUT2D eigenvalue weighted by Crippen LogP contribution is -2.28. The summed E-state index contributed by atoms with van der Waals surface area (Å²) in [7, 11) is 0. The zero-order chi connectivity index (χ0) is 23.1. The average Bonchev–Trinajstić information content (AvgIpc) is 3.41. The fourth-order valence-electron chi connectivity index (χ4n) is 4.36. The van der Waals surface area contributed by atoms with Crippen LogP contribution in [0.2, 0.25) is 0 Å². The first-order chi connectivity index (χ1) is 15.9. The van der Waals surface area contributed by atoms with Crippen LogP contribution in [0, 0.1) is 26.7 Å². The molecule has 2 aromatic heterocycles. The summed E-state index contributed by atoms with van der Waals surface area (Å²) < 4.78 is 1.99. The zero-order valence-corrected chi connectivity index (χ0v) is 19.0. The third kappa shape index (κ3) is 3.89. The van der Waals surface area contributed by atoms with Crippen molar-refractivity contribution in [1.29, 1.82) is 0 Å². The summed E-state index contributed by atoms with van der Waals surface area (Å²) in [6.45, 7) is 6.48. The molecule has 2 amide bonds. The van der Waals surface area contributed by atoms with E-state index in [0.717, 1.165) is 33.7 Å². The second-order valence-electron chi connectivity index (χ2n) is 8.76. The molecule has 3 heterocycles. The van der Waals surface area contributed by atoms with Gasteiger partial charge in [-0.1, -0.05) is 30.3 Å². The van der Waals surface area contributed by atoms with E-state index in [0.29, 0.717) is 12.2 Å². The van der Waals surface area contributed by atoms with E-state index in [1.165, 1.54) is 5.56 Å². The average molecular weight is 439 g/mol. The Hall–Kier alpha value is -3.93. The Kier molecular flexibility index (Phi) is 5.21. The third-order valence-electron chi connectivity index (χ3n) is 6.44. The number of pyridine rings is 1. The maximum atomic E-state index is 13.2. The number of anilines is 2. The summed E-state index contributed by atoms with van der Waals surface area (Å²) in [5, 5.41) is 3.06. The smallest absolute Gasteiger partial charge is 0.229 e. The lowest BCUT2D eigenvalue weighted by atomic mass is 10.1. The van der Waals surface area contributed by atoms with E-state index < -0.39 is 5.92 Å². The standard InChI is InChI=1S/C27H26N4O2/c1-17-10-11-21(13-19(17)3)31-15-20(14-25(31)32)27(33)29-23-9-5-4-8-22(23)24-16-30-12-6-7-18(2)26(30)28-24/h4-13,16,20H,14-15H2,1-3H3,(H,29,33). The molecule has 33 heavy (non-hydrogen) atoms. The number of para-hydroxylation sites is 1.